The zero-order valence-electron chi connectivity index (χ0n) is 18.7. The monoisotopic (exact) mass is 463 g/mol. The summed E-state index contributed by atoms with van der Waals surface area (Å²) in [5.74, 6) is -0.989. The van der Waals surface area contributed by atoms with E-state index in [4.69, 9.17) is 9.15 Å². The number of dihydropyridines is 1. The quantitative estimate of drug-likeness (QED) is 0.432. The second-order valence-corrected chi connectivity index (χ2v) is 8.42. The minimum atomic E-state index is -0.742. The van der Waals surface area contributed by atoms with Crippen molar-refractivity contribution in [1.29, 1.82) is 5.26 Å². The lowest BCUT2D eigenvalue weighted by atomic mass is 9.86. The molecule has 3 rings (SSSR count). The molecule has 170 valence electrons. The molecule has 0 saturated heterocycles. The lowest BCUT2D eigenvalue weighted by Crippen LogP contribution is -2.29. The summed E-state index contributed by atoms with van der Waals surface area (Å²) >= 11 is 1.19. The average Bonchev–Trinajstić information content (AvgIpc) is 3.33. The average molecular weight is 464 g/mol. The van der Waals surface area contributed by atoms with E-state index in [1.165, 1.54) is 24.1 Å². The third-order valence-corrected chi connectivity index (χ3v) is 6.27. The summed E-state index contributed by atoms with van der Waals surface area (Å²) < 4.78 is 10.8. The summed E-state index contributed by atoms with van der Waals surface area (Å²) in [6, 6.07) is 11.3. The number of nitriles is 1. The number of aryl methyl sites for hydroxylation is 1. The van der Waals surface area contributed by atoms with Crippen LogP contribution in [-0.4, -0.2) is 24.2 Å². The van der Waals surface area contributed by atoms with Gasteiger partial charge in [0.15, 0.2) is 0 Å². The summed E-state index contributed by atoms with van der Waals surface area (Å²) in [5.41, 5.74) is 3.94. The van der Waals surface area contributed by atoms with E-state index in [1.54, 1.807) is 19.1 Å². The molecule has 0 aliphatic carbocycles. The Morgan fingerprint density at radius 3 is 2.76 bits per heavy atom. The number of hydrogen-bond acceptors (Lipinski definition) is 7. The van der Waals surface area contributed by atoms with Gasteiger partial charge in [0.25, 0.3) is 0 Å². The first-order valence-electron chi connectivity index (χ1n) is 10.3. The van der Waals surface area contributed by atoms with Crippen molar-refractivity contribution in [2.75, 3.05) is 17.7 Å². The molecule has 0 bridgehead atoms. The number of rotatable bonds is 8. The summed E-state index contributed by atoms with van der Waals surface area (Å²) in [6.45, 7) is 9.27. The fourth-order valence-corrected chi connectivity index (χ4v) is 4.35. The number of hydrogen-bond donors (Lipinski definition) is 2. The van der Waals surface area contributed by atoms with Gasteiger partial charge >= 0.3 is 5.97 Å². The second kappa shape index (κ2) is 10.7. The van der Waals surface area contributed by atoms with Crippen molar-refractivity contribution in [3.63, 3.8) is 0 Å². The molecule has 7 nitrogen and oxygen atoms in total. The van der Waals surface area contributed by atoms with Gasteiger partial charge in [0.2, 0.25) is 5.91 Å². The van der Waals surface area contributed by atoms with E-state index in [2.05, 4.69) is 23.3 Å². The van der Waals surface area contributed by atoms with Crippen molar-refractivity contribution in [1.82, 2.24) is 5.32 Å². The number of amides is 1. The highest BCUT2D eigenvalue weighted by Gasteiger charge is 2.37. The zero-order chi connectivity index (χ0) is 24.0. The number of nitrogens with one attached hydrogen (secondary N) is 2. The normalized spacial score (nSPS) is 15.5. The highest BCUT2D eigenvalue weighted by molar-refractivity contribution is 8.03. The fraction of sp³-hybridized carbons (Fsp3) is 0.240. The Morgan fingerprint density at radius 1 is 1.30 bits per heavy atom. The number of thioether (sulfide) groups is 1. The van der Waals surface area contributed by atoms with E-state index in [0.717, 1.165) is 16.8 Å². The van der Waals surface area contributed by atoms with Crippen molar-refractivity contribution in [3.05, 3.63) is 88.0 Å². The molecule has 1 aromatic heterocycles. The predicted octanol–water partition coefficient (Wildman–Crippen LogP) is 4.69. The van der Waals surface area contributed by atoms with E-state index in [-0.39, 0.29) is 29.4 Å². The van der Waals surface area contributed by atoms with Crippen molar-refractivity contribution < 1.29 is 18.7 Å². The topological polar surface area (TPSA) is 104 Å². The third-order valence-electron chi connectivity index (χ3n) is 5.25. The van der Waals surface area contributed by atoms with E-state index in [0.29, 0.717) is 16.5 Å². The molecule has 2 N–H and O–H groups in total. The van der Waals surface area contributed by atoms with Crippen LogP contribution in [0.4, 0.5) is 5.69 Å². The van der Waals surface area contributed by atoms with E-state index in [9.17, 15) is 14.9 Å². The number of anilines is 1. The molecule has 8 heteroatoms. The number of carbonyl (C=O) groups excluding carboxylic acids is 2. The van der Waals surface area contributed by atoms with Crippen LogP contribution in [0.15, 0.2) is 75.5 Å². The molecular formula is C25H25N3O4S. The van der Waals surface area contributed by atoms with E-state index >= 15 is 0 Å². The third kappa shape index (κ3) is 5.38. The van der Waals surface area contributed by atoms with E-state index in [1.807, 2.05) is 32.0 Å². The Labute approximate surface area is 197 Å². The molecule has 0 fully saturated rings. The lowest BCUT2D eigenvalue weighted by Gasteiger charge is -2.27. The molecule has 33 heavy (non-hydrogen) atoms. The Kier molecular flexibility index (Phi) is 7.80. The second-order valence-electron chi connectivity index (χ2n) is 7.44. The van der Waals surface area contributed by atoms with Crippen molar-refractivity contribution >= 4 is 29.3 Å². The zero-order valence-corrected chi connectivity index (χ0v) is 19.5. The Hall–Kier alpha value is -3.70. The number of esters is 1. The number of allylic oxidation sites excluding steroid dienone is 2. The fourth-order valence-electron chi connectivity index (χ4n) is 3.46. The highest BCUT2D eigenvalue weighted by atomic mass is 32.2. The number of carbonyl (C=O) groups is 2. The molecule has 0 saturated carbocycles. The summed E-state index contributed by atoms with van der Waals surface area (Å²) in [7, 11) is 0. The van der Waals surface area contributed by atoms with Gasteiger partial charge in [0, 0.05) is 11.4 Å². The molecule has 0 spiro atoms. The van der Waals surface area contributed by atoms with Crippen molar-refractivity contribution in [2.24, 2.45) is 0 Å². The van der Waals surface area contributed by atoms with Crippen LogP contribution in [0, 0.1) is 25.2 Å². The number of ether oxygens (including phenoxy) is 1. The molecule has 1 aromatic carbocycles. The van der Waals surface area contributed by atoms with Gasteiger partial charge in [-0.3, -0.25) is 4.79 Å². The molecule has 1 aliphatic rings. The highest BCUT2D eigenvalue weighted by Crippen LogP contribution is 2.41. The molecular weight excluding hydrogens is 438 g/mol. The Bertz CT molecular complexity index is 1170. The largest absolute Gasteiger partial charge is 0.468 e. The van der Waals surface area contributed by atoms with Gasteiger partial charge in [0.05, 0.1) is 40.2 Å². The maximum absolute atomic E-state index is 12.8. The lowest BCUT2D eigenvalue weighted by molar-refractivity contribution is -0.138. The molecule has 0 radical (unpaired) electrons. The molecule has 1 unspecified atom stereocenters. The van der Waals surface area contributed by atoms with Crippen LogP contribution in [0.5, 0.6) is 0 Å². The van der Waals surface area contributed by atoms with Crippen LogP contribution in [0.25, 0.3) is 0 Å². The summed E-state index contributed by atoms with van der Waals surface area (Å²) in [6.07, 6.45) is 2.96. The van der Waals surface area contributed by atoms with Crippen molar-refractivity contribution in [3.8, 4) is 6.07 Å². The van der Waals surface area contributed by atoms with Crippen molar-refractivity contribution in [2.45, 2.75) is 26.7 Å². The number of nitrogens with zero attached hydrogens (tertiary/aromatic N) is 1. The minimum absolute atomic E-state index is 0.0479. The Balaban J connectivity index is 1.85. The van der Waals surface area contributed by atoms with Gasteiger partial charge in [-0.1, -0.05) is 36.5 Å². The molecule has 2 heterocycles. The maximum Gasteiger partial charge on any atom is 0.337 e. The van der Waals surface area contributed by atoms with Crippen LogP contribution in [0.3, 0.4) is 0 Å². The van der Waals surface area contributed by atoms with Crippen LogP contribution < -0.4 is 10.6 Å². The molecule has 2 aromatic rings. The SMILES string of the molecule is C=CCOC(=O)C1=C(C)NC(SCC(=O)Nc2cccc(C)c2C)=C(C#N)C1c1ccco1. The van der Waals surface area contributed by atoms with Gasteiger partial charge in [-0.05, 0) is 50.1 Å². The van der Waals surface area contributed by atoms with Crippen LogP contribution in [-0.2, 0) is 14.3 Å². The van der Waals surface area contributed by atoms with Gasteiger partial charge < -0.3 is 19.8 Å². The predicted molar refractivity (Wildman–Crippen MR) is 128 cm³/mol. The maximum atomic E-state index is 12.8. The number of benzene rings is 1. The van der Waals surface area contributed by atoms with Gasteiger partial charge in [-0.25, -0.2) is 4.79 Å². The van der Waals surface area contributed by atoms with Gasteiger partial charge in [-0.15, -0.1) is 0 Å². The summed E-state index contributed by atoms with van der Waals surface area (Å²) in [4.78, 5) is 25.4. The van der Waals surface area contributed by atoms with Gasteiger partial charge in [-0.2, -0.15) is 5.26 Å². The minimum Gasteiger partial charge on any atom is -0.468 e. The molecule has 1 atom stereocenters. The molecule has 1 amide bonds. The first kappa shape index (κ1) is 24.0. The first-order valence-corrected chi connectivity index (χ1v) is 11.3. The van der Waals surface area contributed by atoms with Crippen LogP contribution >= 0.6 is 11.8 Å². The Morgan fingerprint density at radius 2 is 2.09 bits per heavy atom. The summed E-state index contributed by atoms with van der Waals surface area (Å²) in [5, 5.41) is 16.5. The van der Waals surface area contributed by atoms with Gasteiger partial charge in [0.1, 0.15) is 12.4 Å². The number of furan rings is 1. The van der Waals surface area contributed by atoms with Crippen LogP contribution in [0.1, 0.15) is 29.7 Å². The standard InChI is InChI=1S/C25H25N3O4S/c1-5-11-32-25(30)22-17(4)27-24(18(13-26)23(22)20-10-7-12-31-20)33-14-21(29)28-19-9-6-8-15(2)16(19)3/h5-10,12,23,27H,1,11,14H2,2-4H3,(H,28,29). The first-order chi connectivity index (χ1) is 15.9. The van der Waals surface area contributed by atoms with E-state index < -0.39 is 11.9 Å². The smallest absolute Gasteiger partial charge is 0.337 e. The van der Waals surface area contributed by atoms with Crippen LogP contribution in [0.2, 0.25) is 0 Å². The molecule has 1 aliphatic heterocycles.